The van der Waals surface area contributed by atoms with Crippen molar-refractivity contribution in [1.82, 2.24) is 9.88 Å². The van der Waals surface area contributed by atoms with Crippen molar-refractivity contribution in [2.24, 2.45) is 5.41 Å². The average Bonchev–Trinajstić information content (AvgIpc) is 3.01. The Hall–Kier alpha value is -1.47. The SMILES string of the molecule is COCc1nc(C(=O)N2CCC[C@@]3(CC(=O)O)CCCC[C@H]23)cs1. The Morgan fingerprint density at radius 2 is 2.21 bits per heavy atom. The van der Waals surface area contributed by atoms with Crippen LogP contribution in [0.2, 0.25) is 0 Å². The molecule has 0 bridgehead atoms. The fraction of sp³-hybridized carbons (Fsp3) is 0.706. The van der Waals surface area contributed by atoms with Gasteiger partial charge in [-0.1, -0.05) is 12.8 Å². The van der Waals surface area contributed by atoms with Gasteiger partial charge in [0.15, 0.2) is 0 Å². The van der Waals surface area contributed by atoms with Gasteiger partial charge in [0.2, 0.25) is 0 Å². The molecule has 1 saturated carbocycles. The van der Waals surface area contributed by atoms with E-state index in [0.29, 0.717) is 18.8 Å². The molecule has 0 spiro atoms. The largest absolute Gasteiger partial charge is 0.481 e. The lowest BCUT2D eigenvalue weighted by Gasteiger charge is -2.52. The molecule has 1 N–H and O–H groups in total. The zero-order valence-corrected chi connectivity index (χ0v) is 14.8. The van der Waals surface area contributed by atoms with E-state index in [1.54, 1.807) is 12.5 Å². The number of amides is 1. The van der Waals surface area contributed by atoms with Crippen LogP contribution >= 0.6 is 11.3 Å². The number of carbonyl (C=O) groups excluding carboxylic acids is 1. The molecule has 2 fully saturated rings. The summed E-state index contributed by atoms with van der Waals surface area (Å²) >= 11 is 1.43. The van der Waals surface area contributed by atoms with Crippen LogP contribution in [-0.4, -0.2) is 46.6 Å². The lowest BCUT2D eigenvalue weighted by Crippen LogP contribution is -2.56. The highest BCUT2D eigenvalue weighted by molar-refractivity contribution is 7.09. The monoisotopic (exact) mass is 352 g/mol. The van der Waals surface area contributed by atoms with Gasteiger partial charge in [0, 0.05) is 30.5 Å². The van der Waals surface area contributed by atoms with Crippen LogP contribution in [-0.2, 0) is 16.1 Å². The second kappa shape index (κ2) is 7.19. The van der Waals surface area contributed by atoms with Crippen LogP contribution in [0.5, 0.6) is 0 Å². The minimum absolute atomic E-state index is 0.0242. The van der Waals surface area contributed by atoms with E-state index >= 15 is 0 Å². The fourth-order valence-electron chi connectivity index (χ4n) is 4.41. The number of hydrogen-bond acceptors (Lipinski definition) is 5. The molecule has 132 valence electrons. The van der Waals surface area contributed by atoms with Crippen LogP contribution in [0, 0.1) is 5.41 Å². The Kier molecular flexibility index (Phi) is 5.20. The molecular weight excluding hydrogens is 328 g/mol. The van der Waals surface area contributed by atoms with E-state index < -0.39 is 5.97 Å². The van der Waals surface area contributed by atoms with E-state index in [1.165, 1.54) is 11.3 Å². The highest BCUT2D eigenvalue weighted by Crippen LogP contribution is 2.48. The summed E-state index contributed by atoms with van der Waals surface area (Å²) in [6.45, 7) is 1.10. The van der Waals surface area contributed by atoms with E-state index in [4.69, 9.17) is 4.74 Å². The van der Waals surface area contributed by atoms with Crippen molar-refractivity contribution in [3.05, 3.63) is 16.1 Å². The Bertz CT molecular complexity index is 613. The number of aromatic nitrogens is 1. The first-order valence-corrected chi connectivity index (χ1v) is 9.40. The molecule has 2 heterocycles. The standard InChI is InChI=1S/C17H24N2O4S/c1-23-10-14-18-12(11-24-14)16(22)19-8-4-7-17(9-15(20)21)6-3-2-5-13(17)19/h11,13H,2-10H2,1H3,(H,20,21)/t13-,17+/m0/s1. The van der Waals surface area contributed by atoms with Gasteiger partial charge < -0.3 is 14.7 Å². The van der Waals surface area contributed by atoms with Gasteiger partial charge in [-0.3, -0.25) is 9.59 Å². The average molecular weight is 352 g/mol. The molecule has 24 heavy (non-hydrogen) atoms. The van der Waals surface area contributed by atoms with Gasteiger partial charge in [0.05, 0.1) is 13.0 Å². The summed E-state index contributed by atoms with van der Waals surface area (Å²) in [6, 6.07) is 0.0242. The maximum absolute atomic E-state index is 13.0. The maximum atomic E-state index is 13.0. The number of thiazole rings is 1. The van der Waals surface area contributed by atoms with Crippen molar-refractivity contribution in [2.75, 3.05) is 13.7 Å². The Morgan fingerprint density at radius 3 is 2.96 bits per heavy atom. The molecule has 0 unspecified atom stereocenters. The van der Waals surface area contributed by atoms with Gasteiger partial charge in [0.25, 0.3) is 5.91 Å². The molecule has 6 nitrogen and oxygen atoms in total. The van der Waals surface area contributed by atoms with Gasteiger partial charge in [-0.15, -0.1) is 11.3 Å². The number of carboxylic acids is 1. The van der Waals surface area contributed by atoms with Crippen LogP contribution in [0.3, 0.4) is 0 Å². The summed E-state index contributed by atoms with van der Waals surface area (Å²) in [6.07, 6.45) is 5.84. The second-order valence-corrected chi connectivity index (χ2v) is 7.80. The molecule has 1 amide bonds. The molecule has 1 aromatic heterocycles. The predicted molar refractivity (Wildman–Crippen MR) is 90.0 cm³/mol. The summed E-state index contributed by atoms with van der Waals surface area (Å²) in [5.74, 6) is -0.817. The Balaban J connectivity index is 1.83. The molecule has 3 rings (SSSR count). The smallest absolute Gasteiger partial charge is 0.303 e. The quantitative estimate of drug-likeness (QED) is 0.881. The molecule has 2 atom stereocenters. The predicted octanol–water partition coefficient (Wildman–Crippen LogP) is 2.93. The third-order valence-corrected chi connectivity index (χ3v) is 6.18. The highest BCUT2D eigenvalue weighted by atomic mass is 32.1. The van der Waals surface area contributed by atoms with Crippen LogP contribution in [0.1, 0.15) is 60.4 Å². The van der Waals surface area contributed by atoms with Gasteiger partial charge in [-0.2, -0.15) is 0 Å². The molecule has 0 aromatic carbocycles. The number of carbonyl (C=O) groups is 2. The number of nitrogens with zero attached hydrogens (tertiary/aromatic N) is 2. The maximum Gasteiger partial charge on any atom is 0.303 e. The van der Waals surface area contributed by atoms with E-state index in [9.17, 15) is 14.7 Å². The van der Waals surface area contributed by atoms with Crippen LogP contribution in [0.25, 0.3) is 0 Å². The number of fused-ring (bicyclic) bond motifs is 1. The van der Waals surface area contributed by atoms with Crippen molar-refractivity contribution in [3.8, 4) is 0 Å². The topological polar surface area (TPSA) is 79.7 Å². The highest BCUT2D eigenvalue weighted by Gasteiger charge is 2.48. The number of piperidine rings is 1. The minimum atomic E-state index is -0.757. The van der Waals surface area contributed by atoms with Gasteiger partial charge in [-0.25, -0.2) is 4.98 Å². The molecule has 1 aliphatic heterocycles. The molecule has 7 heteroatoms. The summed E-state index contributed by atoms with van der Waals surface area (Å²) < 4.78 is 5.07. The first kappa shape index (κ1) is 17.4. The van der Waals surface area contributed by atoms with Crippen molar-refractivity contribution >= 4 is 23.2 Å². The number of carboxylic acid groups (broad SMARTS) is 1. The van der Waals surface area contributed by atoms with E-state index in [0.717, 1.165) is 43.5 Å². The molecule has 1 saturated heterocycles. The zero-order valence-electron chi connectivity index (χ0n) is 14.0. The van der Waals surface area contributed by atoms with E-state index in [1.807, 2.05) is 4.90 Å². The van der Waals surface area contributed by atoms with Crippen molar-refractivity contribution in [1.29, 1.82) is 0 Å². The number of likely N-dealkylation sites (tertiary alicyclic amines) is 1. The summed E-state index contributed by atoms with van der Waals surface area (Å²) in [5, 5.41) is 12.0. The number of methoxy groups -OCH3 is 1. The lowest BCUT2D eigenvalue weighted by atomic mass is 9.63. The van der Waals surface area contributed by atoms with Crippen molar-refractivity contribution < 1.29 is 19.4 Å². The third kappa shape index (κ3) is 3.32. The fourth-order valence-corrected chi connectivity index (χ4v) is 5.15. The zero-order chi connectivity index (χ0) is 17.2. The number of ether oxygens (including phenoxy) is 1. The van der Waals surface area contributed by atoms with Gasteiger partial charge in [0.1, 0.15) is 10.7 Å². The minimum Gasteiger partial charge on any atom is -0.481 e. The van der Waals surface area contributed by atoms with Gasteiger partial charge in [-0.05, 0) is 25.7 Å². The lowest BCUT2D eigenvalue weighted by molar-refractivity contribution is -0.143. The molecule has 2 aliphatic rings. The van der Waals surface area contributed by atoms with Crippen LogP contribution < -0.4 is 0 Å². The van der Waals surface area contributed by atoms with E-state index in [-0.39, 0.29) is 23.8 Å². The number of hydrogen-bond donors (Lipinski definition) is 1. The molecule has 1 aliphatic carbocycles. The van der Waals surface area contributed by atoms with Crippen LogP contribution in [0.4, 0.5) is 0 Å². The Labute approximate surface area is 145 Å². The molecule has 1 aromatic rings. The van der Waals surface area contributed by atoms with Crippen molar-refractivity contribution in [3.63, 3.8) is 0 Å². The summed E-state index contributed by atoms with van der Waals surface area (Å²) in [4.78, 5) is 30.7. The molecular formula is C17H24N2O4S. The Morgan fingerprint density at radius 1 is 1.42 bits per heavy atom. The van der Waals surface area contributed by atoms with Gasteiger partial charge >= 0.3 is 5.97 Å². The van der Waals surface area contributed by atoms with Crippen LogP contribution in [0.15, 0.2) is 5.38 Å². The number of rotatable bonds is 5. The molecule has 0 radical (unpaired) electrons. The first-order valence-electron chi connectivity index (χ1n) is 8.52. The summed E-state index contributed by atoms with van der Waals surface area (Å²) in [7, 11) is 1.61. The number of aliphatic carboxylic acids is 1. The first-order chi connectivity index (χ1) is 11.6. The normalized spacial score (nSPS) is 26.9. The van der Waals surface area contributed by atoms with E-state index in [2.05, 4.69) is 4.98 Å². The van der Waals surface area contributed by atoms with Crippen molar-refractivity contribution in [2.45, 2.75) is 57.6 Å². The summed E-state index contributed by atoms with van der Waals surface area (Å²) in [5.41, 5.74) is 0.201. The third-order valence-electron chi connectivity index (χ3n) is 5.36. The second-order valence-electron chi connectivity index (χ2n) is 6.86.